The molecule has 0 radical (unpaired) electrons. The van der Waals surface area contributed by atoms with Crippen molar-refractivity contribution >= 4 is 11.8 Å². The Kier molecular flexibility index (Phi) is 3.24. The summed E-state index contributed by atoms with van der Waals surface area (Å²) in [6.07, 6.45) is 3.41. The number of nitrogens with zero attached hydrogens (tertiary/aromatic N) is 4. The van der Waals surface area contributed by atoms with Gasteiger partial charge in [0.15, 0.2) is 6.33 Å². The smallest absolute Gasteiger partial charge is 0.161 e. The van der Waals surface area contributed by atoms with Crippen molar-refractivity contribution in [3.05, 3.63) is 36.2 Å². The topological polar surface area (TPSA) is 51.6 Å². The molecule has 15 heavy (non-hydrogen) atoms. The van der Waals surface area contributed by atoms with Gasteiger partial charge < -0.3 is 0 Å². The van der Waals surface area contributed by atoms with E-state index in [-0.39, 0.29) is 0 Å². The first-order chi connectivity index (χ1) is 7.40. The second-order valence-corrected chi connectivity index (χ2v) is 3.87. The van der Waals surface area contributed by atoms with Gasteiger partial charge in [0.05, 0.1) is 0 Å². The van der Waals surface area contributed by atoms with Gasteiger partial charge in [0, 0.05) is 11.3 Å². The standard InChI is InChI=1S/C10H10N4S/c1-15-6-8-2-4-9(5-3-8)10-13-11-7-12-14-10/h2-5,7H,6H2,1H3. The lowest BCUT2D eigenvalue weighted by Crippen LogP contribution is -1.93. The highest BCUT2D eigenvalue weighted by Gasteiger charge is 2.00. The Morgan fingerprint density at radius 3 is 2.33 bits per heavy atom. The second kappa shape index (κ2) is 4.84. The van der Waals surface area contributed by atoms with E-state index >= 15 is 0 Å². The van der Waals surface area contributed by atoms with Crippen molar-refractivity contribution in [3.63, 3.8) is 0 Å². The molecular formula is C10H10N4S. The molecule has 2 rings (SSSR count). The van der Waals surface area contributed by atoms with E-state index in [1.165, 1.54) is 11.9 Å². The third-order valence-corrected chi connectivity index (χ3v) is 2.55. The summed E-state index contributed by atoms with van der Waals surface area (Å²) in [6.45, 7) is 0. The average Bonchev–Trinajstić information content (AvgIpc) is 2.32. The van der Waals surface area contributed by atoms with Gasteiger partial charge in [0.2, 0.25) is 5.82 Å². The Hall–Kier alpha value is -1.49. The first-order valence-corrected chi connectivity index (χ1v) is 5.88. The van der Waals surface area contributed by atoms with Crippen molar-refractivity contribution in [3.8, 4) is 11.4 Å². The van der Waals surface area contributed by atoms with Crippen LogP contribution < -0.4 is 0 Å². The van der Waals surface area contributed by atoms with Crippen molar-refractivity contribution in [2.45, 2.75) is 5.75 Å². The van der Waals surface area contributed by atoms with Crippen molar-refractivity contribution in [2.24, 2.45) is 0 Å². The van der Waals surface area contributed by atoms with Gasteiger partial charge >= 0.3 is 0 Å². The lowest BCUT2D eigenvalue weighted by molar-refractivity contribution is 0.864. The molecule has 0 N–H and O–H groups in total. The summed E-state index contributed by atoms with van der Waals surface area (Å²) < 4.78 is 0. The van der Waals surface area contributed by atoms with Gasteiger partial charge in [0.1, 0.15) is 0 Å². The van der Waals surface area contributed by atoms with Crippen LogP contribution in [0, 0.1) is 0 Å². The van der Waals surface area contributed by atoms with Crippen LogP contribution in [0.1, 0.15) is 5.56 Å². The zero-order valence-corrected chi connectivity index (χ0v) is 9.11. The van der Waals surface area contributed by atoms with E-state index in [0.717, 1.165) is 11.3 Å². The quantitative estimate of drug-likeness (QED) is 0.786. The van der Waals surface area contributed by atoms with Crippen molar-refractivity contribution < 1.29 is 0 Å². The summed E-state index contributed by atoms with van der Waals surface area (Å²) in [4.78, 5) is 0. The number of thioether (sulfide) groups is 1. The van der Waals surface area contributed by atoms with Crippen molar-refractivity contribution in [1.82, 2.24) is 20.4 Å². The molecule has 0 saturated heterocycles. The molecule has 1 aromatic heterocycles. The Morgan fingerprint density at radius 1 is 1.07 bits per heavy atom. The van der Waals surface area contributed by atoms with E-state index in [0.29, 0.717) is 5.82 Å². The highest BCUT2D eigenvalue weighted by atomic mass is 32.2. The zero-order chi connectivity index (χ0) is 10.5. The number of aromatic nitrogens is 4. The summed E-state index contributed by atoms with van der Waals surface area (Å²) >= 11 is 1.80. The minimum atomic E-state index is 0.563. The average molecular weight is 218 g/mol. The van der Waals surface area contributed by atoms with Crippen LogP contribution in [0.25, 0.3) is 11.4 Å². The molecule has 0 atom stereocenters. The molecular weight excluding hydrogens is 208 g/mol. The van der Waals surface area contributed by atoms with Crippen LogP contribution in [0.5, 0.6) is 0 Å². The van der Waals surface area contributed by atoms with Gasteiger partial charge in [-0.1, -0.05) is 24.3 Å². The molecule has 76 valence electrons. The van der Waals surface area contributed by atoms with Gasteiger partial charge in [-0.25, -0.2) is 0 Å². The molecule has 0 unspecified atom stereocenters. The highest BCUT2D eigenvalue weighted by molar-refractivity contribution is 7.97. The lowest BCUT2D eigenvalue weighted by Gasteiger charge is -2.00. The SMILES string of the molecule is CSCc1ccc(-c2nncnn2)cc1. The Balaban J connectivity index is 2.24. The minimum Gasteiger partial charge on any atom is -0.161 e. The Morgan fingerprint density at radius 2 is 1.73 bits per heavy atom. The predicted octanol–water partition coefficient (Wildman–Crippen LogP) is 1.80. The van der Waals surface area contributed by atoms with E-state index < -0.39 is 0 Å². The van der Waals surface area contributed by atoms with Gasteiger partial charge in [-0.05, 0) is 11.8 Å². The number of hydrogen-bond donors (Lipinski definition) is 0. The second-order valence-electron chi connectivity index (χ2n) is 3.00. The fourth-order valence-electron chi connectivity index (χ4n) is 1.24. The minimum absolute atomic E-state index is 0.563. The van der Waals surface area contributed by atoms with Gasteiger partial charge in [-0.3, -0.25) is 0 Å². The fourth-order valence-corrected chi connectivity index (χ4v) is 1.76. The monoisotopic (exact) mass is 218 g/mol. The van der Waals surface area contributed by atoms with E-state index in [1.54, 1.807) is 11.8 Å². The molecule has 0 aliphatic heterocycles. The van der Waals surface area contributed by atoms with Crippen molar-refractivity contribution in [2.75, 3.05) is 6.26 Å². The molecule has 0 bridgehead atoms. The summed E-state index contributed by atoms with van der Waals surface area (Å²) in [6, 6.07) is 8.12. The van der Waals surface area contributed by atoms with E-state index in [4.69, 9.17) is 0 Å². The van der Waals surface area contributed by atoms with Gasteiger partial charge in [-0.15, -0.1) is 20.4 Å². The summed E-state index contributed by atoms with van der Waals surface area (Å²) in [5.41, 5.74) is 2.24. The molecule has 5 heteroatoms. The van der Waals surface area contributed by atoms with Gasteiger partial charge in [-0.2, -0.15) is 11.8 Å². The highest BCUT2D eigenvalue weighted by Crippen LogP contribution is 2.16. The molecule has 0 saturated carbocycles. The van der Waals surface area contributed by atoms with Crippen LogP contribution in [0.4, 0.5) is 0 Å². The maximum atomic E-state index is 3.90. The molecule has 0 aliphatic rings. The molecule has 2 aromatic rings. The van der Waals surface area contributed by atoms with E-state index in [9.17, 15) is 0 Å². The molecule has 4 nitrogen and oxygen atoms in total. The summed E-state index contributed by atoms with van der Waals surface area (Å²) in [7, 11) is 0. The largest absolute Gasteiger partial charge is 0.203 e. The number of benzene rings is 1. The number of hydrogen-bond acceptors (Lipinski definition) is 5. The van der Waals surface area contributed by atoms with Crippen LogP contribution in [0.3, 0.4) is 0 Å². The number of rotatable bonds is 3. The predicted molar refractivity (Wildman–Crippen MR) is 60.3 cm³/mol. The van der Waals surface area contributed by atoms with Crippen LogP contribution in [-0.4, -0.2) is 26.7 Å². The first kappa shape index (κ1) is 10.0. The van der Waals surface area contributed by atoms with E-state index in [2.05, 4.69) is 38.8 Å². The van der Waals surface area contributed by atoms with Crippen LogP contribution >= 0.6 is 11.8 Å². The Bertz CT molecular complexity index is 415. The molecule has 0 spiro atoms. The van der Waals surface area contributed by atoms with Crippen LogP contribution in [-0.2, 0) is 5.75 Å². The fraction of sp³-hybridized carbons (Fsp3) is 0.200. The molecule has 0 amide bonds. The molecule has 0 aliphatic carbocycles. The third-order valence-electron chi connectivity index (χ3n) is 1.93. The Labute approximate surface area is 92.2 Å². The third kappa shape index (κ3) is 2.50. The van der Waals surface area contributed by atoms with E-state index in [1.807, 2.05) is 12.1 Å². The lowest BCUT2D eigenvalue weighted by atomic mass is 10.1. The molecule has 1 aromatic carbocycles. The maximum Gasteiger partial charge on any atom is 0.203 e. The normalized spacial score (nSPS) is 10.2. The zero-order valence-electron chi connectivity index (χ0n) is 8.29. The van der Waals surface area contributed by atoms with Gasteiger partial charge in [0.25, 0.3) is 0 Å². The van der Waals surface area contributed by atoms with Crippen LogP contribution in [0.15, 0.2) is 30.6 Å². The summed E-state index contributed by atoms with van der Waals surface area (Å²) in [5.74, 6) is 1.58. The first-order valence-electron chi connectivity index (χ1n) is 4.49. The molecule has 0 fully saturated rings. The molecule has 1 heterocycles. The van der Waals surface area contributed by atoms with Crippen LogP contribution in [0.2, 0.25) is 0 Å². The summed E-state index contributed by atoms with van der Waals surface area (Å²) in [5, 5.41) is 15.2. The maximum absolute atomic E-state index is 3.90. The van der Waals surface area contributed by atoms with Crippen molar-refractivity contribution in [1.29, 1.82) is 0 Å².